The van der Waals surface area contributed by atoms with E-state index in [4.69, 9.17) is 14.6 Å². The summed E-state index contributed by atoms with van der Waals surface area (Å²) in [6, 6.07) is 7.44. The Balaban J connectivity index is 1.59. The number of morpholine rings is 1. The highest BCUT2D eigenvalue weighted by molar-refractivity contribution is 5.89. The van der Waals surface area contributed by atoms with E-state index in [1.807, 2.05) is 24.3 Å². The molecule has 3 rings (SSSR count). The first-order valence-corrected chi connectivity index (χ1v) is 8.52. The molecule has 2 amide bonds. The molecule has 2 heterocycles. The summed E-state index contributed by atoms with van der Waals surface area (Å²) < 4.78 is 10.3. The lowest BCUT2D eigenvalue weighted by atomic mass is 10.1. The van der Waals surface area contributed by atoms with E-state index in [1.165, 1.54) is 4.90 Å². The van der Waals surface area contributed by atoms with E-state index < -0.39 is 18.0 Å². The summed E-state index contributed by atoms with van der Waals surface area (Å²) in [6.07, 6.45) is -0.843. The second-order valence-corrected chi connectivity index (χ2v) is 6.51. The van der Waals surface area contributed by atoms with Crippen LogP contribution in [-0.4, -0.2) is 72.1 Å². The fraction of sp³-hybridized carbons (Fsp3) is 0.500. The standard InChI is InChI=1S/C18H22N2O6/c1-25-14-4-2-12(3-5-14)9-20-10-13(8-16(20)21)17(22)19-6-7-26-15(11-19)18(23)24/h2-5,13,15H,6-11H2,1H3,(H,23,24)/t13-,15-/m0/s1. The van der Waals surface area contributed by atoms with Crippen molar-refractivity contribution >= 4 is 17.8 Å². The van der Waals surface area contributed by atoms with Gasteiger partial charge < -0.3 is 24.4 Å². The Labute approximate surface area is 151 Å². The van der Waals surface area contributed by atoms with Crippen molar-refractivity contribution in [3.63, 3.8) is 0 Å². The first-order chi connectivity index (χ1) is 12.5. The molecule has 0 bridgehead atoms. The Bertz CT molecular complexity index is 689. The van der Waals surface area contributed by atoms with Gasteiger partial charge in [-0.15, -0.1) is 0 Å². The third-order valence-corrected chi connectivity index (χ3v) is 4.75. The predicted octanol–water partition coefficient (Wildman–Crippen LogP) is 0.356. The summed E-state index contributed by atoms with van der Waals surface area (Å²) >= 11 is 0. The van der Waals surface area contributed by atoms with Crippen molar-refractivity contribution in [1.29, 1.82) is 0 Å². The lowest BCUT2D eigenvalue weighted by Gasteiger charge is -2.32. The van der Waals surface area contributed by atoms with E-state index in [0.29, 0.717) is 19.6 Å². The van der Waals surface area contributed by atoms with E-state index in [9.17, 15) is 14.4 Å². The SMILES string of the molecule is COc1ccc(CN2C[C@@H](C(=O)N3CCO[C@H](C(=O)O)C3)CC2=O)cc1. The fourth-order valence-electron chi connectivity index (χ4n) is 3.30. The number of hydrogen-bond donors (Lipinski definition) is 1. The molecule has 26 heavy (non-hydrogen) atoms. The minimum atomic E-state index is -1.08. The minimum absolute atomic E-state index is 0.0251. The third kappa shape index (κ3) is 3.96. The quantitative estimate of drug-likeness (QED) is 0.812. The minimum Gasteiger partial charge on any atom is -0.497 e. The van der Waals surface area contributed by atoms with Gasteiger partial charge in [-0.05, 0) is 17.7 Å². The molecule has 8 nitrogen and oxygen atoms in total. The van der Waals surface area contributed by atoms with Crippen LogP contribution in [0.25, 0.3) is 0 Å². The highest BCUT2D eigenvalue weighted by Crippen LogP contribution is 2.24. The van der Waals surface area contributed by atoms with Gasteiger partial charge in [0.15, 0.2) is 6.10 Å². The zero-order chi connectivity index (χ0) is 18.7. The Hall–Kier alpha value is -2.61. The summed E-state index contributed by atoms with van der Waals surface area (Å²) in [5.41, 5.74) is 0.963. The van der Waals surface area contributed by atoms with Crippen LogP contribution in [0.2, 0.25) is 0 Å². The smallest absolute Gasteiger partial charge is 0.334 e. The first-order valence-electron chi connectivity index (χ1n) is 8.52. The number of carbonyl (C=O) groups excluding carboxylic acids is 2. The molecule has 2 saturated heterocycles. The van der Waals surface area contributed by atoms with Crippen molar-refractivity contribution in [3.05, 3.63) is 29.8 Å². The van der Waals surface area contributed by atoms with Crippen LogP contribution in [0.4, 0.5) is 0 Å². The van der Waals surface area contributed by atoms with Gasteiger partial charge in [0.1, 0.15) is 5.75 Å². The Morgan fingerprint density at radius 3 is 2.65 bits per heavy atom. The van der Waals surface area contributed by atoms with E-state index in [2.05, 4.69) is 0 Å². The molecule has 1 aromatic rings. The number of carboxylic acid groups (broad SMARTS) is 1. The van der Waals surface area contributed by atoms with Crippen molar-refractivity contribution in [2.75, 3.05) is 33.4 Å². The highest BCUT2D eigenvalue weighted by atomic mass is 16.5. The average Bonchev–Trinajstić information content (AvgIpc) is 3.02. The second kappa shape index (κ2) is 7.74. The lowest BCUT2D eigenvalue weighted by Crippen LogP contribution is -2.50. The monoisotopic (exact) mass is 362 g/mol. The molecule has 0 saturated carbocycles. The van der Waals surface area contributed by atoms with Gasteiger partial charge in [-0.1, -0.05) is 12.1 Å². The maximum Gasteiger partial charge on any atom is 0.334 e. The van der Waals surface area contributed by atoms with Crippen molar-refractivity contribution in [3.8, 4) is 5.75 Å². The first kappa shape index (κ1) is 18.2. The fourth-order valence-corrected chi connectivity index (χ4v) is 3.30. The van der Waals surface area contributed by atoms with E-state index >= 15 is 0 Å². The van der Waals surface area contributed by atoms with Crippen LogP contribution in [-0.2, 0) is 25.7 Å². The van der Waals surface area contributed by atoms with Crippen LogP contribution in [0, 0.1) is 5.92 Å². The number of hydrogen-bond acceptors (Lipinski definition) is 5. The highest BCUT2D eigenvalue weighted by Gasteiger charge is 2.38. The molecule has 1 aromatic carbocycles. The lowest BCUT2D eigenvalue weighted by molar-refractivity contribution is -0.160. The van der Waals surface area contributed by atoms with Gasteiger partial charge in [0.25, 0.3) is 0 Å². The van der Waals surface area contributed by atoms with E-state index in [-0.39, 0.29) is 31.4 Å². The van der Waals surface area contributed by atoms with Crippen LogP contribution in [0.3, 0.4) is 0 Å². The van der Waals surface area contributed by atoms with Gasteiger partial charge in [0.05, 0.1) is 26.2 Å². The van der Waals surface area contributed by atoms with E-state index in [0.717, 1.165) is 11.3 Å². The molecule has 140 valence electrons. The normalized spacial score (nSPS) is 23.2. The largest absolute Gasteiger partial charge is 0.497 e. The molecule has 0 radical (unpaired) electrons. The second-order valence-electron chi connectivity index (χ2n) is 6.51. The Kier molecular flexibility index (Phi) is 5.41. The zero-order valence-electron chi connectivity index (χ0n) is 14.6. The summed E-state index contributed by atoms with van der Waals surface area (Å²) in [7, 11) is 1.59. The summed E-state index contributed by atoms with van der Waals surface area (Å²) in [5, 5.41) is 9.05. The molecule has 1 N–H and O–H groups in total. The number of carbonyl (C=O) groups is 3. The molecular weight excluding hydrogens is 340 g/mol. The summed E-state index contributed by atoms with van der Waals surface area (Å²) in [5.74, 6) is -1.01. The molecule has 2 aliphatic rings. The zero-order valence-corrected chi connectivity index (χ0v) is 14.6. The van der Waals surface area contributed by atoms with Crippen molar-refractivity contribution in [2.24, 2.45) is 5.92 Å². The van der Waals surface area contributed by atoms with Gasteiger partial charge in [-0.3, -0.25) is 9.59 Å². The predicted molar refractivity (Wildman–Crippen MR) is 90.5 cm³/mol. The van der Waals surface area contributed by atoms with Crippen LogP contribution in [0.5, 0.6) is 5.75 Å². The van der Waals surface area contributed by atoms with Gasteiger partial charge in [-0.25, -0.2) is 4.79 Å². The molecule has 0 aromatic heterocycles. The molecule has 0 aliphatic carbocycles. The maximum absolute atomic E-state index is 12.7. The number of rotatable bonds is 5. The van der Waals surface area contributed by atoms with Crippen LogP contribution >= 0.6 is 0 Å². The Morgan fingerprint density at radius 1 is 1.27 bits per heavy atom. The number of ether oxygens (including phenoxy) is 2. The molecule has 0 spiro atoms. The number of aliphatic carboxylic acids is 1. The molecule has 2 fully saturated rings. The van der Waals surface area contributed by atoms with Crippen molar-refractivity contribution in [1.82, 2.24) is 9.80 Å². The average molecular weight is 362 g/mol. The molecule has 8 heteroatoms. The summed E-state index contributed by atoms with van der Waals surface area (Å²) in [6.45, 7) is 1.36. The van der Waals surface area contributed by atoms with Gasteiger partial charge >= 0.3 is 5.97 Å². The van der Waals surface area contributed by atoms with Crippen molar-refractivity contribution < 1.29 is 29.0 Å². The number of amides is 2. The van der Waals surface area contributed by atoms with Gasteiger partial charge in [-0.2, -0.15) is 0 Å². The van der Waals surface area contributed by atoms with Crippen LogP contribution in [0.15, 0.2) is 24.3 Å². The topological polar surface area (TPSA) is 96.4 Å². The molecule has 0 unspecified atom stereocenters. The maximum atomic E-state index is 12.7. The van der Waals surface area contributed by atoms with Gasteiger partial charge in [0.2, 0.25) is 11.8 Å². The van der Waals surface area contributed by atoms with Crippen molar-refractivity contribution in [2.45, 2.75) is 19.1 Å². The van der Waals surface area contributed by atoms with Gasteiger partial charge in [0, 0.05) is 26.1 Å². The number of benzene rings is 1. The summed E-state index contributed by atoms with van der Waals surface area (Å²) in [4.78, 5) is 39.2. The Morgan fingerprint density at radius 2 is 2.00 bits per heavy atom. The number of likely N-dealkylation sites (tertiary alicyclic amines) is 1. The van der Waals surface area contributed by atoms with E-state index in [1.54, 1.807) is 12.0 Å². The number of nitrogens with zero attached hydrogens (tertiary/aromatic N) is 2. The van der Waals surface area contributed by atoms with Crippen LogP contribution < -0.4 is 4.74 Å². The molecule has 2 atom stereocenters. The van der Waals surface area contributed by atoms with Crippen LogP contribution in [0.1, 0.15) is 12.0 Å². The third-order valence-electron chi connectivity index (χ3n) is 4.75. The molecular formula is C18H22N2O6. The number of carboxylic acids is 1. The molecule has 2 aliphatic heterocycles. The number of methoxy groups -OCH3 is 1.